The molecule has 3 rings (SSSR count). The van der Waals surface area contributed by atoms with Crippen LogP contribution in [0.15, 0.2) is 24.5 Å². The smallest absolute Gasteiger partial charge is 0.334 e. The van der Waals surface area contributed by atoms with E-state index in [4.69, 9.17) is 0 Å². The van der Waals surface area contributed by atoms with Gasteiger partial charge in [0.25, 0.3) is 0 Å². The van der Waals surface area contributed by atoms with Gasteiger partial charge in [0, 0.05) is 25.2 Å². The highest BCUT2D eigenvalue weighted by Crippen LogP contribution is 2.33. The number of aromatic nitrogens is 3. The molecule has 2 aromatic rings. The molecule has 2 atom stereocenters. The van der Waals surface area contributed by atoms with E-state index in [-0.39, 0.29) is 42.9 Å². The van der Waals surface area contributed by atoms with Crippen LogP contribution >= 0.6 is 0 Å². The third kappa shape index (κ3) is 3.40. The Labute approximate surface area is 145 Å². The van der Waals surface area contributed by atoms with Crippen molar-refractivity contribution in [2.75, 3.05) is 13.1 Å². The Bertz CT molecular complexity index is 819. The number of carbonyl (C=O) groups is 1. The van der Waals surface area contributed by atoms with Crippen molar-refractivity contribution in [3.63, 3.8) is 0 Å². The molecule has 0 bridgehead atoms. The van der Waals surface area contributed by atoms with Crippen molar-refractivity contribution in [2.24, 2.45) is 5.92 Å². The average molecular weight is 374 g/mol. The number of alkyl halides is 3. The van der Waals surface area contributed by atoms with Crippen LogP contribution < -0.4 is 0 Å². The van der Waals surface area contributed by atoms with Crippen LogP contribution in [-0.2, 0) is 4.79 Å². The minimum absolute atomic E-state index is 0.0462. The second kappa shape index (κ2) is 6.65. The highest BCUT2D eigenvalue weighted by atomic mass is 19.4. The second-order valence-electron chi connectivity index (χ2n) is 6.27. The summed E-state index contributed by atoms with van der Waals surface area (Å²) in [6.45, 7) is 1.52. The van der Waals surface area contributed by atoms with Gasteiger partial charge >= 0.3 is 12.1 Å². The highest BCUT2D eigenvalue weighted by molar-refractivity contribution is 5.82. The molecule has 1 saturated heterocycles. The predicted octanol–water partition coefficient (Wildman–Crippen LogP) is 3.20. The summed E-state index contributed by atoms with van der Waals surface area (Å²) in [6, 6.07) is 2.73. The molecule has 0 radical (unpaired) electrons. The Morgan fingerprint density at radius 2 is 2.00 bits per heavy atom. The van der Waals surface area contributed by atoms with Gasteiger partial charge in [-0.2, -0.15) is 13.2 Å². The van der Waals surface area contributed by atoms with Gasteiger partial charge in [-0.3, -0.25) is 4.79 Å². The number of nitrogens with zero attached hydrogens (tertiary/aromatic N) is 4. The van der Waals surface area contributed by atoms with E-state index in [0.29, 0.717) is 0 Å². The number of piperidine rings is 1. The molecule has 1 amide bonds. The van der Waals surface area contributed by atoms with E-state index in [9.17, 15) is 26.7 Å². The molecular weight excluding hydrogens is 359 g/mol. The summed E-state index contributed by atoms with van der Waals surface area (Å²) in [7, 11) is 0. The molecule has 1 aromatic heterocycles. The van der Waals surface area contributed by atoms with Crippen molar-refractivity contribution < 1.29 is 26.7 Å². The molecule has 1 aliphatic rings. The lowest BCUT2D eigenvalue weighted by molar-refractivity contribution is -0.187. The molecule has 1 aromatic carbocycles. The molecule has 0 spiro atoms. The molecule has 26 heavy (non-hydrogen) atoms. The van der Waals surface area contributed by atoms with Gasteiger partial charge in [-0.25, -0.2) is 8.78 Å². The maximum Gasteiger partial charge on any atom is 0.471 e. The normalized spacial score (nSPS) is 21.1. The number of amides is 1. The predicted molar refractivity (Wildman–Crippen MR) is 80.8 cm³/mol. The number of rotatable bonds is 2. The summed E-state index contributed by atoms with van der Waals surface area (Å²) in [5.74, 6) is -3.58. The molecule has 0 aliphatic carbocycles. The maximum atomic E-state index is 14.1. The summed E-state index contributed by atoms with van der Waals surface area (Å²) in [4.78, 5) is 12.2. The van der Waals surface area contributed by atoms with Gasteiger partial charge in [-0.15, -0.1) is 10.2 Å². The summed E-state index contributed by atoms with van der Waals surface area (Å²) in [6.07, 6.45) is -3.32. The first-order chi connectivity index (χ1) is 12.2. The van der Waals surface area contributed by atoms with E-state index in [0.717, 1.165) is 17.0 Å². The molecule has 0 unspecified atom stereocenters. The lowest BCUT2D eigenvalue weighted by Gasteiger charge is -2.38. The topological polar surface area (TPSA) is 51.0 Å². The molecule has 140 valence electrons. The third-order valence-corrected chi connectivity index (χ3v) is 4.49. The quantitative estimate of drug-likeness (QED) is 0.759. The molecule has 1 fully saturated rings. The first-order valence-electron chi connectivity index (χ1n) is 7.89. The number of benzene rings is 1. The molecule has 10 heteroatoms. The molecular formula is C16H15F5N4O. The Kier molecular flexibility index (Phi) is 4.68. The number of hydrogen-bond donors (Lipinski definition) is 0. The molecule has 0 saturated carbocycles. The van der Waals surface area contributed by atoms with Gasteiger partial charge in [0.15, 0.2) is 5.82 Å². The average Bonchev–Trinajstić information content (AvgIpc) is 3.02. The van der Waals surface area contributed by atoms with E-state index in [2.05, 4.69) is 10.2 Å². The van der Waals surface area contributed by atoms with Gasteiger partial charge in [0.2, 0.25) is 0 Å². The van der Waals surface area contributed by atoms with Gasteiger partial charge in [0.05, 0.1) is 5.56 Å². The van der Waals surface area contributed by atoms with Crippen molar-refractivity contribution in [3.8, 4) is 11.4 Å². The van der Waals surface area contributed by atoms with E-state index < -0.39 is 23.7 Å². The van der Waals surface area contributed by atoms with Crippen molar-refractivity contribution in [3.05, 3.63) is 36.2 Å². The van der Waals surface area contributed by atoms with E-state index in [1.807, 2.05) is 0 Å². The Morgan fingerprint density at radius 1 is 1.27 bits per heavy atom. The lowest BCUT2D eigenvalue weighted by Crippen LogP contribution is -2.48. The van der Waals surface area contributed by atoms with Crippen molar-refractivity contribution in [1.82, 2.24) is 19.7 Å². The van der Waals surface area contributed by atoms with Gasteiger partial charge in [0.1, 0.15) is 18.0 Å². The summed E-state index contributed by atoms with van der Waals surface area (Å²) in [5, 5.41) is 7.63. The van der Waals surface area contributed by atoms with Crippen LogP contribution in [0.3, 0.4) is 0 Å². The first-order valence-corrected chi connectivity index (χ1v) is 7.89. The van der Waals surface area contributed by atoms with Crippen LogP contribution in [0.1, 0.15) is 19.4 Å². The number of likely N-dealkylation sites (tertiary alicyclic amines) is 1. The van der Waals surface area contributed by atoms with Gasteiger partial charge in [-0.05, 0) is 24.5 Å². The van der Waals surface area contributed by atoms with Crippen LogP contribution in [-0.4, -0.2) is 44.8 Å². The second-order valence-corrected chi connectivity index (χ2v) is 6.27. The third-order valence-electron chi connectivity index (χ3n) is 4.49. The number of carbonyl (C=O) groups excluding carboxylic acids is 1. The van der Waals surface area contributed by atoms with E-state index in [1.54, 1.807) is 11.5 Å². The highest BCUT2D eigenvalue weighted by Gasteiger charge is 2.44. The molecule has 5 nitrogen and oxygen atoms in total. The molecule has 2 heterocycles. The van der Waals surface area contributed by atoms with Crippen LogP contribution in [0.4, 0.5) is 22.0 Å². The Hall–Kier alpha value is -2.52. The Balaban J connectivity index is 1.84. The minimum atomic E-state index is -4.91. The van der Waals surface area contributed by atoms with Crippen molar-refractivity contribution in [2.45, 2.75) is 25.6 Å². The molecule has 0 N–H and O–H groups in total. The number of halogens is 5. The van der Waals surface area contributed by atoms with Crippen LogP contribution in [0.2, 0.25) is 0 Å². The number of hydrogen-bond acceptors (Lipinski definition) is 3. The van der Waals surface area contributed by atoms with Crippen LogP contribution in [0, 0.1) is 17.6 Å². The molecule has 1 aliphatic heterocycles. The van der Waals surface area contributed by atoms with E-state index in [1.165, 1.54) is 12.4 Å². The van der Waals surface area contributed by atoms with Crippen LogP contribution in [0.25, 0.3) is 11.4 Å². The standard InChI is InChI=1S/C16H15F5N4O/c1-9-7-24(15(26)16(19,20)21)5-4-13(9)25-8-22-23-14(25)11-3-2-10(17)6-12(11)18/h2-3,6,8-9,13H,4-5,7H2,1H3/t9-,13+/m1/s1. The Morgan fingerprint density at radius 3 is 2.62 bits per heavy atom. The summed E-state index contributed by atoms with van der Waals surface area (Å²) >= 11 is 0. The minimum Gasteiger partial charge on any atom is -0.334 e. The van der Waals surface area contributed by atoms with Crippen molar-refractivity contribution >= 4 is 5.91 Å². The fraction of sp³-hybridized carbons (Fsp3) is 0.438. The van der Waals surface area contributed by atoms with Gasteiger partial charge < -0.3 is 9.47 Å². The summed E-state index contributed by atoms with van der Waals surface area (Å²) in [5.41, 5.74) is 0.0462. The lowest BCUT2D eigenvalue weighted by atomic mass is 9.93. The maximum absolute atomic E-state index is 14.1. The zero-order chi connectivity index (χ0) is 19.1. The largest absolute Gasteiger partial charge is 0.471 e. The monoisotopic (exact) mass is 374 g/mol. The van der Waals surface area contributed by atoms with Gasteiger partial charge in [-0.1, -0.05) is 6.92 Å². The fourth-order valence-electron chi connectivity index (χ4n) is 3.26. The SMILES string of the molecule is C[C@@H]1CN(C(=O)C(F)(F)F)CC[C@@H]1n1cnnc1-c1ccc(F)cc1F. The zero-order valence-corrected chi connectivity index (χ0v) is 13.7. The fourth-order valence-corrected chi connectivity index (χ4v) is 3.26. The zero-order valence-electron chi connectivity index (χ0n) is 13.7. The first kappa shape index (κ1) is 18.3. The van der Waals surface area contributed by atoms with Crippen LogP contribution in [0.5, 0.6) is 0 Å². The van der Waals surface area contributed by atoms with E-state index >= 15 is 0 Å². The summed E-state index contributed by atoms with van der Waals surface area (Å²) < 4.78 is 66.5. The van der Waals surface area contributed by atoms with Crippen molar-refractivity contribution in [1.29, 1.82) is 0 Å².